The van der Waals surface area contributed by atoms with Gasteiger partial charge >= 0.3 is 6.18 Å². The molecule has 1 saturated heterocycles. The second-order valence-corrected chi connectivity index (χ2v) is 7.89. The van der Waals surface area contributed by atoms with Crippen molar-refractivity contribution in [1.82, 2.24) is 14.5 Å². The number of benzene rings is 2. The van der Waals surface area contributed by atoms with Crippen molar-refractivity contribution in [1.29, 1.82) is 0 Å². The molecule has 3 aromatic rings. The van der Waals surface area contributed by atoms with Gasteiger partial charge in [0.05, 0.1) is 22.9 Å². The van der Waals surface area contributed by atoms with Gasteiger partial charge in [-0.05, 0) is 55.5 Å². The Kier molecular flexibility index (Phi) is 5.54. The smallest absolute Gasteiger partial charge is 0.343 e. The fourth-order valence-corrected chi connectivity index (χ4v) is 4.18. The number of halogens is 3. The molecule has 0 saturated carbocycles. The zero-order valence-corrected chi connectivity index (χ0v) is 16.8. The average Bonchev–Trinajstić information content (AvgIpc) is 3.16. The molecule has 0 spiro atoms. The van der Waals surface area contributed by atoms with E-state index in [9.17, 15) is 18.0 Å². The number of carbonyl (C=O) groups excluding carboxylic acids is 1. The Morgan fingerprint density at radius 2 is 1.87 bits per heavy atom. The molecule has 0 aliphatic carbocycles. The number of imidazole rings is 1. The van der Waals surface area contributed by atoms with Crippen LogP contribution in [0.4, 0.5) is 13.2 Å². The predicted octanol–water partition coefficient (Wildman–Crippen LogP) is 5.16. The van der Waals surface area contributed by atoms with Crippen molar-refractivity contribution in [2.75, 3.05) is 13.1 Å². The molecule has 7 heteroatoms. The fourth-order valence-electron chi connectivity index (χ4n) is 4.18. The number of piperidine rings is 1. The molecule has 0 N–H and O–H groups in total. The Hall–Kier alpha value is -2.83. The van der Waals surface area contributed by atoms with E-state index >= 15 is 0 Å². The largest absolute Gasteiger partial charge is 0.416 e. The van der Waals surface area contributed by atoms with Crippen LogP contribution < -0.4 is 0 Å². The molecular formula is C23H24F3N3O. The Labute approximate surface area is 173 Å². The molecule has 1 aliphatic rings. The van der Waals surface area contributed by atoms with Crippen LogP contribution >= 0.6 is 0 Å². The molecule has 1 amide bonds. The van der Waals surface area contributed by atoms with Gasteiger partial charge < -0.3 is 9.47 Å². The lowest BCUT2D eigenvalue weighted by Crippen LogP contribution is -2.39. The lowest BCUT2D eigenvalue weighted by atomic mass is 10.0. The maximum Gasteiger partial charge on any atom is 0.416 e. The number of carbonyl (C=O) groups is 1. The first-order valence-corrected chi connectivity index (χ1v) is 10.2. The first kappa shape index (κ1) is 20.4. The topological polar surface area (TPSA) is 38.1 Å². The van der Waals surface area contributed by atoms with Gasteiger partial charge in [0.1, 0.15) is 0 Å². The van der Waals surface area contributed by atoms with Gasteiger partial charge in [-0.1, -0.05) is 24.3 Å². The monoisotopic (exact) mass is 415 g/mol. The number of alkyl halides is 3. The summed E-state index contributed by atoms with van der Waals surface area (Å²) in [6.07, 6.45) is 0.00115. The number of rotatable bonds is 4. The second-order valence-electron chi connectivity index (χ2n) is 7.89. The van der Waals surface area contributed by atoms with E-state index in [-0.39, 0.29) is 11.9 Å². The number of aryl methyl sites for hydroxylation is 2. The predicted molar refractivity (Wildman–Crippen MR) is 109 cm³/mol. The third-order valence-electron chi connectivity index (χ3n) is 5.98. The van der Waals surface area contributed by atoms with Crippen LogP contribution in [0.3, 0.4) is 0 Å². The van der Waals surface area contributed by atoms with Crippen LogP contribution in [0, 0.1) is 6.92 Å². The Morgan fingerprint density at radius 1 is 1.13 bits per heavy atom. The summed E-state index contributed by atoms with van der Waals surface area (Å²) < 4.78 is 40.7. The van der Waals surface area contributed by atoms with E-state index in [0.717, 1.165) is 31.4 Å². The summed E-state index contributed by atoms with van der Waals surface area (Å²) in [5.74, 6) is 0.155. The highest BCUT2D eigenvalue weighted by atomic mass is 19.4. The number of fused-ring (bicyclic) bond motifs is 1. The van der Waals surface area contributed by atoms with Crippen LogP contribution in [0.2, 0.25) is 0 Å². The van der Waals surface area contributed by atoms with Gasteiger partial charge in [-0.3, -0.25) is 4.79 Å². The van der Waals surface area contributed by atoms with Gasteiger partial charge in [0.25, 0.3) is 0 Å². The molecule has 2 heterocycles. The highest BCUT2D eigenvalue weighted by Gasteiger charge is 2.31. The summed E-state index contributed by atoms with van der Waals surface area (Å²) in [6, 6.07) is 11.9. The summed E-state index contributed by atoms with van der Waals surface area (Å²) in [5, 5.41) is 0. The molecule has 1 fully saturated rings. The van der Waals surface area contributed by atoms with Crippen LogP contribution in [-0.4, -0.2) is 33.4 Å². The van der Waals surface area contributed by atoms with E-state index in [2.05, 4.69) is 24.0 Å². The van der Waals surface area contributed by atoms with Crippen LogP contribution in [0.15, 0.2) is 48.8 Å². The van der Waals surface area contributed by atoms with Crippen molar-refractivity contribution in [2.45, 2.75) is 44.8 Å². The Balaban J connectivity index is 1.37. The maximum absolute atomic E-state index is 12.9. The number of likely N-dealkylation sites (tertiary alicyclic amines) is 1. The second kappa shape index (κ2) is 8.13. The van der Waals surface area contributed by atoms with Crippen LogP contribution in [0.5, 0.6) is 0 Å². The van der Waals surface area contributed by atoms with Crippen LogP contribution in [0.1, 0.15) is 42.0 Å². The highest BCUT2D eigenvalue weighted by Crippen LogP contribution is 2.33. The van der Waals surface area contributed by atoms with E-state index in [4.69, 9.17) is 0 Å². The molecule has 2 aromatic carbocycles. The number of aromatic nitrogens is 2. The molecule has 0 atom stereocenters. The minimum absolute atomic E-state index is 0.132. The van der Waals surface area contributed by atoms with E-state index in [1.807, 2.05) is 21.6 Å². The number of hydrogen-bond donors (Lipinski definition) is 0. The Bertz CT molecular complexity index is 1050. The van der Waals surface area contributed by atoms with Gasteiger partial charge in [-0.15, -0.1) is 0 Å². The molecular weight excluding hydrogens is 391 g/mol. The third-order valence-corrected chi connectivity index (χ3v) is 5.98. The summed E-state index contributed by atoms with van der Waals surface area (Å²) in [5.41, 5.74) is 2.76. The number of nitrogens with zero attached hydrogens (tertiary/aromatic N) is 3. The van der Waals surface area contributed by atoms with Gasteiger partial charge in [0, 0.05) is 25.6 Å². The molecule has 4 nitrogen and oxygen atoms in total. The van der Waals surface area contributed by atoms with E-state index in [1.165, 1.54) is 17.2 Å². The van der Waals surface area contributed by atoms with Gasteiger partial charge in [-0.25, -0.2) is 4.98 Å². The van der Waals surface area contributed by atoms with Crippen molar-refractivity contribution in [3.63, 3.8) is 0 Å². The fraction of sp³-hybridized carbons (Fsp3) is 0.391. The minimum Gasteiger partial charge on any atom is -0.343 e. The molecule has 0 radical (unpaired) electrons. The highest BCUT2D eigenvalue weighted by molar-refractivity contribution is 5.77. The summed E-state index contributed by atoms with van der Waals surface area (Å²) in [6.45, 7) is 3.35. The zero-order chi connectivity index (χ0) is 21.3. The normalized spacial score (nSPS) is 15.7. The zero-order valence-electron chi connectivity index (χ0n) is 16.8. The summed E-state index contributed by atoms with van der Waals surface area (Å²) in [4.78, 5) is 18.7. The van der Waals surface area contributed by atoms with Crippen LogP contribution in [0.25, 0.3) is 11.0 Å². The first-order chi connectivity index (χ1) is 14.3. The van der Waals surface area contributed by atoms with E-state index in [1.54, 1.807) is 6.33 Å². The molecule has 1 aliphatic heterocycles. The molecule has 30 heavy (non-hydrogen) atoms. The quantitative estimate of drug-likeness (QED) is 0.590. The molecule has 158 valence electrons. The maximum atomic E-state index is 12.9. The van der Waals surface area contributed by atoms with Crippen molar-refractivity contribution >= 4 is 16.9 Å². The Morgan fingerprint density at radius 3 is 2.57 bits per heavy atom. The van der Waals surface area contributed by atoms with Crippen molar-refractivity contribution in [2.24, 2.45) is 0 Å². The SMILES string of the molecule is Cc1ccccc1CCC(=O)N1CCC(n2cnc3cc(C(F)(F)F)ccc32)CC1. The van der Waals surface area contributed by atoms with Crippen molar-refractivity contribution < 1.29 is 18.0 Å². The van der Waals surface area contributed by atoms with Crippen molar-refractivity contribution in [3.05, 3.63) is 65.5 Å². The summed E-state index contributed by atoms with van der Waals surface area (Å²) in [7, 11) is 0. The van der Waals surface area contributed by atoms with Crippen molar-refractivity contribution in [3.8, 4) is 0 Å². The van der Waals surface area contributed by atoms with Gasteiger partial charge in [-0.2, -0.15) is 13.2 Å². The van der Waals surface area contributed by atoms with Crippen LogP contribution in [-0.2, 0) is 17.4 Å². The lowest BCUT2D eigenvalue weighted by Gasteiger charge is -2.33. The molecule has 1 aromatic heterocycles. The van der Waals surface area contributed by atoms with E-state index in [0.29, 0.717) is 30.5 Å². The third kappa shape index (κ3) is 4.20. The minimum atomic E-state index is -4.37. The molecule has 4 rings (SSSR count). The average molecular weight is 415 g/mol. The standard InChI is InChI=1S/C23H24F3N3O/c1-16-4-2-3-5-17(16)6-9-22(30)28-12-10-19(11-13-28)29-15-27-20-14-18(23(24,25)26)7-8-21(20)29/h2-5,7-8,14-15,19H,6,9-13H2,1H3. The molecule has 0 unspecified atom stereocenters. The number of amides is 1. The van der Waals surface area contributed by atoms with E-state index < -0.39 is 11.7 Å². The molecule has 0 bridgehead atoms. The number of hydrogen-bond acceptors (Lipinski definition) is 2. The lowest BCUT2D eigenvalue weighted by molar-refractivity contribution is -0.137. The van der Waals surface area contributed by atoms with Gasteiger partial charge in [0.2, 0.25) is 5.91 Å². The van der Waals surface area contributed by atoms with Gasteiger partial charge in [0.15, 0.2) is 0 Å². The first-order valence-electron chi connectivity index (χ1n) is 10.2. The summed E-state index contributed by atoms with van der Waals surface area (Å²) >= 11 is 0.